The van der Waals surface area contributed by atoms with Gasteiger partial charge in [-0.25, -0.2) is 15.0 Å². The molecule has 10 aromatic rings. The Morgan fingerprint density at radius 2 is 0.800 bits per heavy atom. The number of fused-ring (bicyclic) bond motifs is 3. The average Bonchev–Trinajstić information content (AvgIpc) is 3.68. The van der Waals surface area contributed by atoms with Gasteiger partial charge in [0.2, 0.25) is 0 Å². The summed E-state index contributed by atoms with van der Waals surface area (Å²) in [5.41, 5.74) is 13.8. The molecule has 0 amide bonds. The predicted molar refractivity (Wildman–Crippen MR) is 225 cm³/mol. The fourth-order valence-corrected chi connectivity index (χ4v) is 7.39. The van der Waals surface area contributed by atoms with Crippen LogP contribution in [0, 0.1) is 0 Å². The zero-order valence-corrected chi connectivity index (χ0v) is 29.8. The second kappa shape index (κ2) is 13.8. The van der Waals surface area contributed by atoms with Crippen molar-refractivity contribution in [2.24, 2.45) is 0 Å². The third-order valence-electron chi connectivity index (χ3n) is 10.1. The van der Waals surface area contributed by atoms with E-state index in [1.165, 1.54) is 5.56 Å². The minimum Gasteiger partial charge on any atom is -0.455 e. The third kappa shape index (κ3) is 6.06. The predicted octanol–water partition coefficient (Wildman–Crippen LogP) is 13.4. The Balaban J connectivity index is 1.13. The number of benzene rings is 7. The third-order valence-corrected chi connectivity index (χ3v) is 10.1. The monoisotopic (exact) mass is 703 g/mol. The molecule has 0 bridgehead atoms. The van der Waals surface area contributed by atoms with Crippen molar-refractivity contribution >= 4 is 21.9 Å². The van der Waals surface area contributed by atoms with E-state index in [-0.39, 0.29) is 0 Å². The van der Waals surface area contributed by atoms with Gasteiger partial charge in [-0.2, -0.15) is 0 Å². The number of nitrogens with zero attached hydrogens (tertiary/aromatic N) is 3. The topological polar surface area (TPSA) is 51.8 Å². The van der Waals surface area contributed by atoms with Gasteiger partial charge < -0.3 is 4.42 Å². The lowest BCUT2D eigenvalue weighted by atomic mass is 9.94. The van der Waals surface area contributed by atoms with Crippen LogP contribution in [0.15, 0.2) is 205 Å². The molecule has 3 heterocycles. The molecule has 0 fully saturated rings. The Hall–Kier alpha value is -7.43. The van der Waals surface area contributed by atoms with Crippen LogP contribution in [-0.4, -0.2) is 15.0 Å². The molecule has 3 aromatic heterocycles. The van der Waals surface area contributed by atoms with E-state index >= 15 is 0 Å². The van der Waals surface area contributed by atoms with Crippen molar-refractivity contribution < 1.29 is 4.42 Å². The van der Waals surface area contributed by atoms with Gasteiger partial charge in [0, 0.05) is 38.8 Å². The van der Waals surface area contributed by atoms with Crippen LogP contribution in [0.2, 0.25) is 0 Å². The molecule has 0 aliphatic rings. The van der Waals surface area contributed by atoms with Gasteiger partial charge in [0.05, 0.1) is 28.0 Å². The van der Waals surface area contributed by atoms with Gasteiger partial charge in [0.1, 0.15) is 11.3 Å². The van der Waals surface area contributed by atoms with Crippen LogP contribution in [0.1, 0.15) is 0 Å². The summed E-state index contributed by atoms with van der Waals surface area (Å²) in [6, 6.07) is 68.9. The summed E-state index contributed by atoms with van der Waals surface area (Å²) in [4.78, 5) is 15.4. The van der Waals surface area contributed by atoms with E-state index in [4.69, 9.17) is 19.4 Å². The second-order valence-electron chi connectivity index (χ2n) is 13.6. The lowest BCUT2D eigenvalue weighted by molar-refractivity contribution is 0.636. The van der Waals surface area contributed by atoms with E-state index in [1.807, 2.05) is 48.5 Å². The number of furan rings is 1. The molecular weight excluding hydrogens is 671 g/mol. The van der Waals surface area contributed by atoms with Crippen molar-refractivity contribution in [3.63, 3.8) is 0 Å². The molecule has 7 aromatic carbocycles. The zero-order chi connectivity index (χ0) is 36.6. The molecule has 0 atom stereocenters. The Kier molecular flexibility index (Phi) is 8.12. The molecule has 0 saturated heterocycles. The fraction of sp³-hybridized carbons (Fsp3) is 0. The van der Waals surface area contributed by atoms with Crippen molar-refractivity contribution in [3.8, 4) is 78.7 Å². The maximum absolute atomic E-state index is 6.94. The molecule has 0 spiro atoms. The highest BCUT2D eigenvalue weighted by Gasteiger charge is 2.24. The van der Waals surface area contributed by atoms with E-state index in [9.17, 15) is 0 Å². The first-order chi connectivity index (χ1) is 27.3. The Morgan fingerprint density at radius 1 is 0.345 bits per heavy atom. The van der Waals surface area contributed by atoms with Crippen molar-refractivity contribution in [1.29, 1.82) is 0 Å². The highest BCUT2D eigenvalue weighted by atomic mass is 16.3. The largest absolute Gasteiger partial charge is 0.455 e. The first kappa shape index (κ1) is 32.2. The van der Waals surface area contributed by atoms with Gasteiger partial charge in [0.15, 0.2) is 5.82 Å². The van der Waals surface area contributed by atoms with Gasteiger partial charge in [-0.3, -0.25) is 0 Å². The highest BCUT2D eigenvalue weighted by molar-refractivity contribution is 6.16. The summed E-state index contributed by atoms with van der Waals surface area (Å²) in [5.74, 6) is 1.50. The van der Waals surface area contributed by atoms with Crippen molar-refractivity contribution in [1.82, 2.24) is 15.0 Å². The maximum Gasteiger partial charge on any atom is 0.160 e. The lowest BCUT2D eigenvalue weighted by Gasteiger charge is -2.11. The van der Waals surface area contributed by atoms with E-state index in [1.54, 1.807) is 0 Å². The van der Waals surface area contributed by atoms with Crippen LogP contribution in [0.25, 0.3) is 101 Å². The van der Waals surface area contributed by atoms with Gasteiger partial charge in [0.25, 0.3) is 0 Å². The van der Waals surface area contributed by atoms with E-state index in [2.05, 4.69) is 152 Å². The van der Waals surface area contributed by atoms with E-state index in [0.29, 0.717) is 5.82 Å². The standard InChI is InChI=1S/C51H33N3O/c1-5-15-34(16-6-1)35-25-27-36(28-26-35)44-33-45(54-51(53-44)41-21-11-4-12-22-41)37-29-31-38(32-30-37)46-47-48(39-17-7-2-8-18-39)52-43-24-14-13-23-42(43)50(47)55-49(46)40-19-9-3-10-20-40/h1-33H. The van der Waals surface area contributed by atoms with Crippen LogP contribution in [-0.2, 0) is 0 Å². The normalized spacial score (nSPS) is 11.3. The van der Waals surface area contributed by atoms with Gasteiger partial charge in [-0.05, 0) is 34.9 Å². The summed E-state index contributed by atoms with van der Waals surface area (Å²) < 4.78 is 6.94. The molecule has 0 N–H and O–H groups in total. The molecule has 0 radical (unpaired) electrons. The second-order valence-corrected chi connectivity index (χ2v) is 13.6. The highest BCUT2D eigenvalue weighted by Crippen LogP contribution is 2.47. The first-order valence-corrected chi connectivity index (χ1v) is 18.4. The number of rotatable bonds is 7. The number of hydrogen-bond acceptors (Lipinski definition) is 4. The molecule has 0 unspecified atom stereocenters. The molecular formula is C51H33N3O. The van der Waals surface area contributed by atoms with Gasteiger partial charge in [-0.15, -0.1) is 0 Å². The Bertz CT molecular complexity index is 2920. The van der Waals surface area contributed by atoms with Crippen LogP contribution in [0.4, 0.5) is 0 Å². The summed E-state index contributed by atoms with van der Waals surface area (Å²) in [7, 11) is 0. The maximum atomic E-state index is 6.94. The lowest BCUT2D eigenvalue weighted by Crippen LogP contribution is -1.96. The zero-order valence-electron chi connectivity index (χ0n) is 29.8. The van der Waals surface area contributed by atoms with Crippen molar-refractivity contribution in [2.75, 3.05) is 0 Å². The van der Waals surface area contributed by atoms with Crippen molar-refractivity contribution in [2.45, 2.75) is 0 Å². The Labute approximate surface area is 319 Å². The SMILES string of the molecule is c1ccc(-c2ccc(-c3cc(-c4ccc(-c5c(-c6ccccc6)oc6c5c(-c5ccccc5)nc5ccccc56)cc4)nc(-c4ccccc4)n3)cc2)cc1. The summed E-state index contributed by atoms with van der Waals surface area (Å²) in [6.45, 7) is 0. The minimum atomic E-state index is 0.682. The Morgan fingerprint density at radius 3 is 1.40 bits per heavy atom. The number of para-hydroxylation sites is 1. The van der Waals surface area contributed by atoms with Crippen LogP contribution in [0.3, 0.4) is 0 Å². The minimum absolute atomic E-state index is 0.682. The summed E-state index contributed by atoms with van der Waals surface area (Å²) >= 11 is 0. The van der Waals surface area contributed by atoms with Gasteiger partial charge >= 0.3 is 0 Å². The number of hydrogen-bond donors (Lipinski definition) is 0. The summed E-state index contributed by atoms with van der Waals surface area (Å²) in [5, 5.41) is 1.97. The van der Waals surface area contributed by atoms with E-state index in [0.717, 1.165) is 89.2 Å². The molecule has 4 heteroatoms. The van der Waals surface area contributed by atoms with Gasteiger partial charge in [-0.1, -0.05) is 182 Å². The smallest absolute Gasteiger partial charge is 0.160 e. The molecule has 10 rings (SSSR count). The fourth-order valence-electron chi connectivity index (χ4n) is 7.39. The number of aromatic nitrogens is 3. The number of pyridine rings is 1. The summed E-state index contributed by atoms with van der Waals surface area (Å²) in [6.07, 6.45) is 0. The average molecular weight is 704 g/mol. The molecule has 4 nitrogen and oxygen atoms in total. The molecule has 0 saturated carbocycles. The molecule has 55 heavy (non-hydrogen) atoms. The molecule has 0 aliphatic carbocycles. The molecule has 258 valence electrons. The first-order valence-electron chi connectivity index (χ1n) is 18.4. The van der Waals surface area contributed by atoms with Crippen molar-refractivity contribution in [3.05, 3.63) is 200 Å². The van der Waals surface area contributed by atoms with Crippen LogP contribution >= 0.6 is 0 Å². The van der Waals surface area contributed by atoms with Crippen LogP contribution < -0.4 is 0 Å². The molecule has 0 aliphatic heterocycles. The van der Waals surface area contributed by atoms with Crippen LogP contribution in [0.5, 0.6) is 0 Å². The quantitative estimate of drug-likeness (QED) is 0.166. The van der Waals surface area contributed by atoms with E-state index < -0.39 is 0 Å².